The van der Waals surface area contributed by atoms with Gasteiger partial charge in [-0.05, 0) is 23.8 Å². The third kappa shape index (κ3) is 2.47. The summed E-state index contributed by atoms with van der Waals surface area (Å²) in [4.78, 5) is 4.34. The monoisotopic (exact) mass is 257 g/mol. The molecule has 4 nitrogen and oxygen atoms in total. The topological polar surface area (TPSA) is 60.2 Å². The van der Waals surface area contributed by atoms with Crippen molar-refractivity contribution in [3.8, 4) is 0 Å². The molecule has 100 valence electrons. The quantitative estimate of drug-likeness (QED) is 0.653. The number of benzene rings is 1. The minimum atomic E-state index is 0.0962. The first-order valence-corrected chi connectivity index (χ1v) is 6.76. The SMILES string of the molecule is NNC(c1cncc2ccccc12)C1CCCOC1. The van der Waals surface area contributed by atoms with Crippen LogP contribution >= 0.6 is 0 Å². The van der Waals surface area contributed by atoms with Gasteiger partial charge in [-0.15, -0.1) is 0 Å². The first-order valence-electron chi connectivity index (χ1n) is 6.76. The molecule has 2 aromatic rings. The largest absolute Gasteiger partial charge is 0.381 e. The standard InChI is InChI=1S/C15H19N3O/c16-18-15(12-5-3-7-19-10-12)14-9-17-8-11-4-1-2-6-13(11)14/h1-2,4,6,8-9,12,15,18H,3,5,7,10,16H2. The first kappa shape index (κ1) is 12.5. The molecule has 2 heterocycles. The van der Waals surface area contributed by atoms with Crippen molar-refractivity contribution in [1.29, 1.82) is 0 Å². The van der Waals surface area contributed by atoms with Crippen molar-refractivity contribution < 1.29 is 4.74 Å². The second-order valence-electron chi connectivity index (χ2n) is 5.07. The van der Waals surface area contributed by atoms with Crippen molar-refractivity contribution in [3.63, 3.8) is 0 Å². The van der Waals surface area contributed by atoms with Crippen molar-refractivity contribution in [3.05, 3.63) is 42.2 Å². The Morgan fingerprint density at radius 2 is 2.21 bits per heavy atom. The van der Waals surface area contributed by atoms with Crippen LogP contribution in [0.15, 0.2) is 36.7 Å². The number of aromatic nitrogens is 1. The fourth-order valence-electron chi connectivity index (χ4n) is 2.90. The first-order chi connectivity index (χ1) is 9.40. The van der Waals surface area contributed by atoms with Gasteiger partial charge < -0.3 is 4.74 Å². The molecule has 0 spiro atoms. The number of rotatable bonds is 3. The lowest BCUT2D eigenvalue weighted by Crippen LogP contribution is -2.37. The van der Waals surface area contributed by atoms with E-state index >= 15 is 0 Å². The molecule has 1 fully saturated rings. The Hall–Kier alpha value is -1.49. The number of hydrazine groups is 1. The van der Waals surface area contributed by atoms with E-state index in [0.717, 1.165) is 37.0 Å². The van der Waals surface area contributed by atoms with E-state index in [1.807, 2.05) is 18.5 Å². The van der Waals surface area contributed by atoms with Crippen LogP contribution in [0.5, 0.6) is 0 Å². The highest BCUT2D eigenvalue weighted by atomic mass is 16.5. The van der Waals surface area contributed by atoms with Crippen molar-refractivity contribution >= 4 is 10.8 Å². The number of nitrogens with two attached hydrogens (primary N) is 1. The van der Waals surface area contributed by atoms with Gasteiger partial charge in [-0.1, -0.05) is 24.3 Å². The van der Waals surface area contributed by atoms with Gasteiger partial charge in [0.15, 0.2) is 0 Å². The average Bonchev–Trinajstić information content (AvgIpc) is 2.49. The van der Waals surface area contributed by atoms with Crippen molar-refractivity contribution in [2.45, 2.75) is 18.9 Å². The summed E-state index contributed by atoms with van der Waals surface area (Å²) < 4.78 is 5.58. The molecule has 1 aliphatic heterocycles. The Labute approximate surface area is 112 Å². The molecule has 2 unspecified atom stereocenters. The number of hydrogen-bond donors (Lipinski definition) is 2. The van der Waals surface area contributed by atoms with E-state index in [1.165, 1.54) is 5.39 Å². The Morgan fingerprint density at radius 1 is 1.32 bits per heavy atom. The zero-order chi connectivity index (χ0) is 13.1. The fourth-order valence-corrected chi connectivity index (χ4v) is 2.90. The maximum absolute atomic E-state index is 5.79. The number of ether oxygens (including phenoxy) is 1. The van der Waals surface area contributed by atoms with E-state index in [0.29, 0.717) is 5.92 Å². The Kier molecular flexibility index (Phi) is 3.73. The van der Waals surface area contributed by atoms with Gasteiger partial charge >= 0.3 is 0 Å². The van der Waals surface area contributed by atoms with Gasteiger partial charge in [0.25, 0.3) is 0 Å². The highest BCUT2D eigenvalue weighted by Gasteiger charge is 2.26. The maximum atomic E-state index is 5.79. The molecule has 3 N–H and O–H groups in total. The normalized spacial score (nSPS) is 21.4. The minimum absolute atomic E-state index is 0.0962. The molecule has 3 rings (SSSR count). The third-order valence-electron chi connectivity index (χ3n) is 3.88. The molecule has 0 aliphatic carbocycles. The van der Waals surface area contributed by atoms with E-state index in [4.69, 9.17) is 10.6 Å². The summed E-state index contributed by atoms with van der Waals surface area (Å²) in [6.07, 6.45) is 6.05. The second-order valence-corrected chi connectivity index (χ2v) is 5.07. The summed E-state index contributed by atoms with van der Waals surface area (Å²) in [6.45, 7) is 1.62. The van der Waals surface area contributed by atoms with Gasteiger partial charge in [0.05, 0.1) is 12.6 Å². The lowest BCUT2D eigenvalue weighted by molar-refractivity contribution is 0.0392. The van der Waals surface area contributed by atoms with Crippen LogP contribution < -0.4 is 11.3 Å². The average molecular weight is 257 g/mol. The predicted octanol–water partition coefficient (Wildman–Crippen LogP) is 2.17. The van der Waals surface area contributed by atoms with E-state index < -0.39 is 0 Å². The number of pyridine rings is 1. The molecule has 0 saturated carbocycles. The summed E-state index contributed by atoms with van der Waals surface area (Å²) in [6, 6.07) is 8.38. The predicted molar refractivity (Wildman–Crippen MR) is 75.4 cm³/mol. The summed E-state index contributed by atoms with van der Waals surface area (Å²) in [5, 5.41) is 2.36. The van der Waals surface area contributed by atoms with Crippen LogP contribution in [-0.2, 0) is 4.74 Å². The molecule has 0 amide bonds. The highest BCUT2D eigenvalue weighted by molar-refractivity contribution is 5.85. The van der Waals surface area contributed by atoms with E-state index in [-0.39, 0.29) is 6.04 Å². The van der Waals surface area contributed by atoms with Crippen LogP contribution in [0.25, 0.3) is 10.8 Å². The summed E-state index contributed by atoms with van der Waals surface area (Å²) in [5.74, 6) is 6.20. The van der Waals surface area contributed by atoms with Gasteiger partial charge in [-0.2, -0.15) is 0 Å². The summed E-state index contributed by atoms with van der Waals surface area (Å²) in [7, 11) is 0. The molecule has 2 atom stereocenters. The lowest BCUT2D eigenvalue weighted by Gasteiger charge is -2.30. The van der Waals surface area contributed by atoms with E-state index in [9.17, 15) is 0 Å². The van der Waals surface area contributed by atoms with Gasteiger partial charge in [0, 0.05) is 30.3 Å². The smallest absolute Gasteiger partial charge is 0.0531 e. The molecule has 4 heteroatoms. The van der Waals surface area contributed by atoms with Crippen LogP contribution in [0, 0.1) is 5.92 Å². The van der Waals surface area contributed by atoms with Gasteiger partial charge in [-0.3, -0.25) is 16.3 Å². The molecule has 1 aromatic heterocycles. The fraction of sp³-hybridized carbons (Fsp3) is 0.400. The second kappa shape index (κ2) is 5.65. The minimum Gasteiger partial charge on any atom is -0.381 e. The zero-order valence-electron chi connectivity index (χ0n) is 10.9. The van der Waals surface area contributed by atoms with Gasteiger partial charge in [0.2, 0.25) is 0 Å². The number of nitrogens with zero attached hydrogens (tertiary/aromatic N) is 1. The third-order valence-corrected chi connectivity index (χ3v) is 3.88. The highest BCUT2D eigenvalue weighted by Crippen LogP contribution is 2.31. The molecule has 0 bridgehead atoms. The van der Waals surface area contributed by atoms with Crippen LogP contribution in [0.4, 0.5) is 0 Å². The van der Waals surface area contributed by atoms with E-state index in [2.05, 4.69) is 28.6 Å². The number of fused-ring (bicyclic) bond motifs is 1. The molecule has 1 aliphatic rings. The molecular weight excluding hydrogens is 238 g/mol. The molecule has 1 aromatic carbocycles. The van der Waals surface area contributed by atoms with Crippen LogP contribution in [0.3, 0.4) is 0 Å². The zero-order valence-corrected chi connectivity index (χ0v) is 10.9. The Balaban J connectivity index is 2.00. The molecule has 0 radical (unpaired) electrons. The van der Waals surface area contributed by atoms with Crippen LogP contribution in [0.2, 0.25) is 0 Å². The summed E-state index contributed by atoms with van der Waals surface area (Å²) in [5.41, 5.74) is 4.12. The molecular formula is C15H19N3O. The van der Waals surface area contributed by atoms with Crippen molar-refractivity contribution in [2.75, 3.05) is 13.2 Å². The van der Waals surface area contributed by atoms with Crippen LogP contribution in [0.1, 0.15) is 24.4 Å². The van der Waals surface area contributed by atoms with Crippen molar-refractivity contribution in [2.24, 2.45) is 11.8 Å². The van der Waals surface area contributed by atoms with Gasteiger partial charge in [0.1, 0.15) is 0 Å². The maximum Gasteiger partial charge on any atom is 0.0531 e. The molecule has 19 heavy (non-hydrogen) atoms. The Morgan fingerprint density at radius 3 is 3.00 bits per heavy atom. The number of hydrogen-bond acceptors (Lipinski definition) is 4. The van der Waals surface area contributed by atoms with E-state index in [1.54, 1.807) is 0 Å². The number of nitrogens with one attached hydrogen (secondary N) is 1. The lowest BCUT2D eigenvalue weighted by atomic mass is 9.88. The molecule has 1 saturated heterocycles. The Bertz CT molecular complexity index is 547. The summed E-state index contributed by atoms with van der Waals surface area (Å²) >= 11 is 0. The van der Waals surface area contributed by atoms with Crippen molar-refractivity contribution in [1.82, 2.24) is 10.4 Å². The van der Waals surface area contributed by atoms with Gasteiger partial charge in [-0.25, -0.2) is 0 Å². The van der Waals surface area contributed by atoms with Crippen LogP contribution in [-0.4, -0.2) is 18.2 Å².